The van der Waals surface area contributed by atoms with Crippen LogP contribution in [-0.4, -0.2) is 50.1 Å². The van der Waals surface area contributed by atoms with Crippen LogP contribution in [0.1, 0.15) is 49.9 Å². The first kappa shape index (κ1) is 20.1. The van der Waals surface area contributed by atoms with Crippen LogP contribution in [0.3, 0.4) is 0 Å². The van der Waals surface area contributed by atoms with Gasteiger partial charge in [-0.25, -0.2) is 0 Å². The molecular formula is C20H30N2O4. The zero-order chi connectivity index (χ0) is 19.3. The van der Waals surface area contributed by atoms with Gasteiger partial charge >= 0.3 is 0 Å². The molecule has 2 amide bonds. The molecule has 0 heterocycles. The number of carbonyl (C=O) groups excluding carboxylic acids is 2. The largest absolute Gasteiger partial charge is 0.497 e. The lowest BCUT2D eigenvalue weighted by Crippen LogP contribution is -2.52. The second kappa shape index (κ2) is 8.92. The number of hydrogen-bond acceptors (Lipinski definition) is 4. The van der Waals surface area contributed by atoms with Crippen molar-refractivity contribution in [2.45, 2.75) is 51.6 Å². The normalized spacial score (nSPS) is 15.6. The van der Waals surface area contributed by atoms with Gasteiger partial charge in [0.05, 0.1) is 14.2 Å². The van der Waals surface area contributed by atoms with E-state index in [4.69, 9.17) is 9.47 Å². The molecule has 1 N–H and O–H groups in total. The molecule has 1 unspecified atom stereocenters. The van der Waals surface area contributed by atoms with Gasteiger partial charge in [0.1, 0.15) is 17.5 Å². The minimum Gasteiger partial charge on any atom is -0.497 e. The number of hydrogen-bond donors (Lipinski definition) is 1. The van der Waals surface area contributed by atoms with Crippen molar-refractivity contribution < 1.29 is 19.1 Å². The fraction of sp³-hybridized carbons (Fsp3) is 0.600. The van der Waals surface area contributed by atoms with Crippen LogP contribution in [0.15, 0.2) is 18.2 Å². The van der Waals surface area contributed by atoms with Crippen LogP contribution in [0.25, 0.3) is 0 Å². The molecule has 0 saturated heterocycles. The average Bonchev–Trinajstić information content (AvgIpc) is 3.18. The molecule has 26 heavy (non-hydrogen) atoms. The average molecular weight is 362 g/mol. The van der Waals surface area contributed by atoms with Crippen molar-refractivity contribution in [3.05, 3.63) is 23.8 Å². The van der Waals surface area contributed by atoms with Crippen LogP contribution in [0.2, 0.25) is 0 Å². The highest BCUT2D eigenvalue weighted by molar-refractivity contribution is 5.98. The number of nitrogens with one attached hydrogen (secondary N) is 1. The first-order valence-electron chi connectivity index (χ1n) is 9.18. The van der Waals surface area contributed by atoms with Gasteiger partial charge in [-0.15, -0.1) is 0 Å². The van der Waals surface area contributed by atoms with Gasteiger partial charge in [0.25, 0.3) is 5.91 Å². The fourth-order valence-electron chi connectivity index (χ4n) is 3.37. The summed E-state index contributed by atoms with van der Waals surface area (Å²) in [6.45, 7) is 3.88. The molecule has 1 aliphatic rings. The Morgan fingerprint density at radius 1 is 1.08 bits per heavy atom. The third kappa shape index (κ3) is 4.68. The van der Waals surface area contributed by atoms with E-state index in [0.29, 0.717) is 17.1 Å². The molecular weight excluding hydrogens is 332 g/mol. The van der Waals surface area contributed by atoms with E-state index in [0.717, 1.165) is 25.7 Å². The SMILES string of the molecule is COc1cc(OC)cc(C(=O)NC(C(=O)N(C)C2CCCC2)C(C)C)c1. The maximum Gasteiger partial charge on any atom is 0.252 e. The van der Waals surface area contributed by atoms with Crippen LogP contribution in [0.4, 0.5) is 0 Å². The smallest absolute Gasteiger partial charge is 0.252 e. The van der Waals surface area contributed by atoms with Gasteiger partial charge in [0.2, 0.25) is 5.91 Å². The Morgan fingerprint density at radius 2 is 1.62 bits per heavy atom. The van der Waals surface area contributed by atoms with E-state index in [1.807, 2.05) is 25.8 Å². The third-order valence-corrected chi connectivity index (χ3v) is 5.05. The van der Waals surface area contributed by atoms with Crippen molar-refractivity contribution >= 4 is 11.8 Å². The molecule has 2 rings (SSSR count). The van der Waals surface area contributed by atoms with Gasteiger partial charge in [-0.1, -0.05) is 26.7 Å². The number of benzene rings is 1. The molecule has 0 radical (unpaired) electrons. The van der Waals surface area contributed by atoms with Crippen LogP contribution >= 0.6 is 0 Å². The first-order chi connectivity index (χ1) is 12.4. The lowest BCUT2D eigenvalue weighted by molar-refractivity contribution is -0.135. The molecule has 1 atom stereocenters. The summed E-state index contributed by atoms with van der Waals surface area (Å²) in [6, 6.07) is 4.69. The molecule has 0 bridgehead atoms. The van der Waals surface area contributed by atoms with Gasteiger partial charge < -0.3 is 19.7 Å². The van der Waals surface area contributed by atoms with Gasteiger partial charge in [-0.05, 0) is 30.9 Å². The third-order valence-electron chi connectivity index (χ3n) is 5.05. The van der Waals surface area contributed by atoms with E-state index in [9.17, 15) is 9.59 Å². The molecule has 1 saturated carbocycles. The quantitative estimate of drug-likeness (QED) is 0.810. The topological polar surface area (TPSA) is 67.9 Å². The van der Waals surface area contributed by atoms with Crippen molar-refractivity contribution in [3.8, 4) is 11.5 Å². The summed E-state index contributed by atoms with van der Waals surface area (Å²) in [7, 11) is 4.91. The predicted octanol–water partition coefficient (Wildman–Crippen LogP) is 2.86. The van der Waals surface area contributed by atoms with Crippen LogP contribution in [0, 0.1) is 5.92 Å². The first-order valence-corrected chi connectivity index (χ1v) is 9.18. The summed E-state index contributed by atoms with van der Waals surface area (Å²) >= 11 is 0. The van der Waals surface area contributed by atoms with Crippen molar-refractivity contribution in [2.24, 2.45) is 5.92 Å². The lowest BCUT2D eigenvalue weighted by atomic mass is 10.0. The molecule has 1 aromatic carbocycles. The predicted molar refractivity (Wildman–Crippen MR) is 101 cm³/mol. The summed E-state index contributed by atoms with van der Waals surface area (Å²) in [4.78, 5) is 27.5. The maximum atomic E-state index is 12.9. The molecule has 6 heteroatoms. The minimum atomic E-state index is -0.565. The number of nitrogens with zero attached hydrogens (tertiary/aromatic N) is 1. The zero-order valence-corrected chi connectivity index (χ0v) is 16.4. The molecule has 144 valence electrons. The molecule has 6 nitrogen and oxygen atoms in total. The van der Waals surface area contributed by atoms with E-state index in [2.05, 4.69) is 5.32 Å². The van der Waals surface area contributed by atoms with E-state index >= 15 is 0 Å². The molecule has 1 fully saturated rings. The van der Waals surface area contributed by atoms with E-state index in [1.54, 1.807) is 18.2 Å². The number of carbonyl (C=O) groups is 2. The standard InChI is InChI=1S/C20H30N2O4/c1-13(2)18(20(24)22(3)15-8-6-7-9-15)21-19(23)14-10-16(25-4)12-17(11-14)26-5/h10-13,15,18H,6-9H2,1-5H3,(H,21,23). The highest BCUT2D eigenvalue weighted by Crippen LogP contribution is 2.25. The Hall–Kier alpha value is -2.24. The number of methoxy groups -OCH3 is 2. The van der Waals surface area contributed by atoms with Crippen molar-refractivity contribution in [2.75, 3.05) is 21.3 Å². The van der Waals surface area contributed by atoms with Gasteiger partial charge in [0, 0.05) is 24.7 Å². The van der Waals surface area contributed by atoms with Gasteiger partial charge in [0.15, 0.2) is 0 Å². The second-order valence-corrected chi connectivity index (χ2v) is 7.18. The summed E-state index contributed by atoms with van der Waals surface area (Å²) in [5, 5.41) is 2.90. The lowest BCUT2D eigenvalue weighted by Gasteiger charge is -2.31. The zero-order valence-electron chi connectivity index (χ0n) is 16.4. The van der Waals surface area contributed by atoms with E-state index < -0.39 is 6.04 Å². The number of likely N-dealkylation sites (N-methyl/N-ethyl adjacent to an activating group) is 1. The van der Waals surface area contributed by atoms with Crippen LogP contribution < -0.4 is 14.8 Å². The maximum absolute atomic E-state index is 12.9. The summed E-state index contributed by atoms with van der Waals surface area (Å²) in [6.07, 6.45) is 4.39. The van der Waals surface area contributed by atoms with Crippen molar-refractivity contribution in [1.29, 1.82) is 0 Å². The Kier molecular flexibility index (Phi) is 6.89. The Morgan fingerprint density at radius 3 is 2.08 bits per heavy atom. The van der Waals surface area contributed by atoms with Crippen molar-refractivity contribution in [3.63, 3.8) is 0 Å². The monoisotopic (exact) mass is 362 g/mol. The Labute approximate surface area is 155 Å². The summed E-state index contributed by atoms with van der Waals surface area (Å²) in [5.74, 6) is 0.710. The molecule has 1 aromatic rings. The number of rotatable bonds is 7. The summed E-state index contributed by atoms with van der Waals surface area (Å²) < 4.78 is 10.4. The number of ether oxygens (including phenoxy) is 2. The second-order valence-electron chi connectivity index (χ2n) is 7.18. The molecule has 0 aromatic heterocycles. The summed E-state index contributed by atoms with van der Waals surface area (Å²) in [5.41, 5.74) is 0.406. The van der Waals surface area contributed by atoms with E-state index in [1.165, 1.54) is 14.2 Å². The Bertz CT molecular complexity index is 616. The minimum absolute atomic E-state index is 0.0113. The van der Waals surface area contributed by atoms with E-state index in [-0.39, 0.29) is 23.8 Å². The molecule has 0 aliphatic heterocycles. The van der Waals surface area contributed by atoms with Crippen LogP contribution in [0.5, 0.6) is 11.5 Å². The van der Waals surface area contributed by atoms with Gasteiger partial charge in [-0.3, -0.25) is 9.59 Å². The van der Waals surface area contributed by atoms with Gasteiger partial charge in [-0.2, -0.15) is 0 Å². The molecule has 1 aliphatic carbocycles. The van der Waals surface area contributed by atoms with Crippen molar-refractivity contribution in [1.82, 2.24) is 10.2 Å². The Balaban J connectivity index is 2.16. The highest BCUT2D eigenvalue weighted by Gasteiger charge is 2.31. The van der Waals surface area contributed by atoms with Crippen LogP contribution in [-0.2, 0) is 4.79 Å². The fourth-order valence-corrected chi connectivity index (χ4v) is 3.37. The molecule has 0 spiro atoms. The number of amides is 2. The highest BCUT2D eigenvalue weighted by atomic mass is 16.5.